The van der Waals surface area contributed by atoms with Crippen LogP contribution in [-0.2, 0) is 14.8 Å². The monoisotopic (exact) mass is 336 g/mol. The molecule has 0 amide bonds. The number of benzene rings is 1. The quantitative estimate of drug-likeness (QED) is 0.731. The molecule has 0 aliphatic carbocycles. The molecule has 1 atom stereocenters. The van der Waals surface area contributed by atoms with Gasteiger partial charge in [-0.2, -0.15) is 0 Å². The molecule has 0 aromatic heterocycles. The fraction of sp³-hybridized carbons (Fsp3) is 0.462. The number of hydrogen-bond acceptors (Lipinski definition) is 5. The molecule has 0 saturated heterocycles. The van der Waals surface area contributed by atoms with Crippen molar-refractivity contribution in [3.63, 3.8) is 0 Å². The van der Waals surface area contributed by atoms with Crippen molar-refractivity contribution in [1.82, 2.24) is 4.72 Å². The molecule has 0 aliphatic heterocycles. The Labute approximate surface area is 131 Å². The number of carbonyl (C=O) groups is 1. The summed E-state index contributed by atoms with van der Waals surface area (Å²) in [6.45, 7) is 4.07. The Morgan fingerprint density at radius 3 is 2.38 bits per heavy atom. The summed E-state index contributed by atoms with van der Waals surface area (Å²) in [6.07, 6.45) is 0.556. The minimum atomic E-state index is -3.57. The smallest absolute Gasteiger partial charge is 0.338 e. The maximum Gasteiger partial charge on any atom is 0.338 e. The number of carbonyl (C=O) groups excluding carboxylic acids is 1. The van der Waals surface area contributed by atoms with Gasteiger partial charge in [0.2, 0.25) is 10.0 Å². The van der Waals surface area contributed by atoms with Gasteiger partial charge in [0.15, 0.2) is 0 Å². The Bertz CT molecular complexity index is 544. The van der Waals surface area contributed by atoms with E-state index in [1.54, 1.807) is 6.92 Å². The average molecular weight is 337 g/mol. The van der Waals surface area contributed by atoms with Gasteiger partial charge in [-0.1, -0.05) is 0 Å². The molecule has 0 radical (unpaired) electrons. The van der Waals surface area contributed by atoms with Gasteiger partial charge >= 0.3 is 5.97 Å². The van der Waals surface area contributed by atoms with Gasteiger partial charge in [0, 0.05) is 12.6 Å². The van der Waals surface area contributed by atoms with Crippen molar-refractivity contribution in [2.75, 3.05) is 13.2 Å². The second-order valence-corrected chi connectivity index (χ2v) is 6.18. The van der Waals surface area contributed by atoms with Crippen LogP contribution in [0.2, 0.25) is 0 Å². The molecule has 0 spiro atoms. The maximum absolute atomic E-state index is 12.0. The lowest BCUT2D eigenvalue weighted by Gasteiger charge is -2.09. The third-order valence-electron chi connectivity index (χ3n) is 2.57. The van der Waals surface area contributed by atoms with Crippen LogP contribution in [0.25, 0.3) is 0 Å². The normalized spacial score (nSPS) is 12.3. The Morgan fingerprint density at radius 2 is 1.90 bits per heavy atom. The van der Waals surface area contributed by atoms with Crippen molar-refractivity contribution in [2.45, 2.75) is 31.2 Å². The molecule has 1 aromatic rings. The number of sulfonamides is 1. The molecule has 120 valence electrons. The lowest BCUT2D eigenvalue weighted by atomic mass is 10.2. The zero-order valence-corrected chi connectivity index (χ0v) is 13.7. The first-order chi connectivity index (χ1) is 9.36. The van der Waals surface area contributed by atoms with E-state index in [2.05, 4.69) is 4.72 Å². The molecule has 0 heterocycles. The molecular weight excluding hydrogens is 316 g/mol. The first-order valence-corrected chi connectivity index (χ1v) is 7.87. The van der Waals surface area contributed by atoms with Gasteiger partial charge in [0.05, 0.1) is 17.1 Å². The third kappa shape index (κ3) is 6.43. The van der Waals surface area contributed by atoms with E-state index >= 15 is 0 Å². The Hall–Kier alpha value is -1.15. The predicted octanol–water partition coefficient (Wildman–Crippen LogP) is 1.30. The van der Waals surface area contributed by atoms with E-state index in [0.29, 0.717) is 12.0 Å². The van der Waals surface area contributed by atoms with E-state index in [-0.39, 0.29) is 36.5 Å². The van der Waals surface area contributed by atoms with Crippen LogP contribution in [0.3, 0.4) is 0 Å². The number of ether oxygens (including phenoxy) is 1. The second kappa shape index (κ2) is 8.99. The van der Waals surface area contributed by atoms with Crippen LogP contribution in [0.15, 0.2) is 29.2 Å². The fourth-order valence-electron chi connectivity index (χ4n) is 1.49. The number of esters is 1. The second-order valence-electron chi connectivity index (χ2n) is 4.41. The number of nitrogens with one attached hydrogen (secondary N) is 1. The van der Waals surface area contributed by atoms with Gasteiger partial charge in [-0.25, -0.2) is 17.9 Å². The summed E-state index contributed by atoms with van der Waals surface area (Å²) in [5.41, 5.74) is 5.88. The van der Waals surface area contributed by atoms with E-state index in [1.807, 2.05) is 6.92 Å². The SMILES string of the molecule is CCOC(=O)c1ccc(S(=O)(=O)NCCC(C)N)cc1.Cl. The van der Waals surface area contributed by atoms with E-state index in [4.69, 9.17) is 10.5 Å². The van der Waals surface area contributed by atoms with Crippen molar-refractivity contribution in [3.05, 3.63) is 29.8 Å². The zero-order chi connectivity index (χ0) is 15.2. The Kier molecular flexibility index (Phi) is 8.50. The van der Waals surface area contributed by atoms with Gasteiger partial charge in [-0.15, -0.1) is 12.4 Å². The summed E-state index contributed by atoms with van der Waals surface area (Å²) in [5.74, 6) is -0.471. The molecule has 6 nitrogen and oxygen atoms in total. The van der Waals surface area contributed by atoms with Crippen molar-refractivity contribution < 1.29 is 17.9 Å². The van der Waals surface area contributed by atoms with Crippen molar-refractivity contribution >= 4 is 28.4 Å². The molecular formula is C13H21ClN2O4S. The molecule has 1 unspecified atom stereocenters. The third-order valence-corrected chi connectivity index (χ3v) is 4.04. The van der Waals surface area contributed by atoms with Crippen molar-refractivity contribution in [1.29, 1.82) is 0 Å². The van der Waals surface area contributed by atoms with Crippen LogP contribution in [0.4, 0.5) is 0 Å². The van der Waals surface area contributed by atoms with Gasteiger partial charge in [-0.05, 0) is 44.5 Å². The molecule has 1 rings (SSSR count). The van der Waals surface area contributed by atoms with Crippen LogP contribution in [0.5, 0.6) is 0 Å². The van der Waals surface area contributed by atoms with Crippen molar-refractivity contribution in [3.8, 4) is 0 Å². The minimum absolute atomic E-state index is 0. The standard InChI is InChI=1S/C13H20N2O4S.ClH/c1-3-19-13(16)11-4-6-12(7-5-11)20(17,18)15-9-8-10(2)14;/h4-7,10,15H,3,8-9,14H2,1-2H3;1H. The number of rotatable bonds is 7. The summed E-state index contributed by atoms with van der Waals surface area (Å²) in [4.78, 5) is 11.6. The van der Waals surface area contributed by atoms with E-state index < -0.39 is 16.0 Å². The largest absolute Gasteiger partial charge is 0.462 e. The lowest BCUT2D eigenvalue weighted by Crippen LogP contribution is -2.29. The molecule has 0 bridgehead atoms. The summed E-state index contributed by atoms with van der Waals surface area (Å²) in [6, 6.07) is 5.54. The molecule has 3 N–H and O–H groups in total. The van der Waals surface area contributed by atoms with Gasteiger partial charge < -0.3 is 10.5 Å². The molecule has 0 fully saturated rings. The number of hydrogen-bond donors (Lipinski definition) is 2. The first kappa shape index (κ1) is 19.9. The van der Waals surface area contributed by atoms with Crippen LogP contribution in [-0.4, -0.2) is 33.6 Å². The molecule has 21 heavy (non-hydrogen) atoms. The van der Waals surface area contributed by atoms with Gasteiger partial charge in [0.25, 0.3) is 0 Å². The summed E-state index contributed by atoms with van der Waals surface area (Å²) in [7, 11) is -3.57. The minimum Gasteiger partial charge on any atom is -0.462 e. The fourth-order valence-corrected chi connectivity index (χ4v) is 2.54. The highest BCUT2D eigenvalue weighted by atomic mass is 35.5. The predicted molar refractivity (Wildman–Crippen MR) is 83.1 cm³/mol. The van der Waals surface area contributed by atoms with E-state index in [9.17, 15) is 13.2 Å². The summed E-state index contributed by atoms with van der Waals surface area (Å²) < 4.78 is 31.2. The van der Waals surface area contributed by atoms with Crippen LogP contribution < -0.4 is 10.5 Å². The highest BCUT2D eigenvalue weighted by Gasteiger charge is 2.15. The van der Waals surface area contributed by atoms with E-state index in [1.165, 1.54) is 24.3 Å². The van der Waals surface area contributed by atoms with Crippen LogP contribution >= 0.6 is 12.4 Å². The van der Waals surface area contributed by atoms with Crippen LogP contribution in [0.1, 0.15) is 30.6 Å². The van der Waals surface area contributed by atoms with Crippen molar-refractivity contribution in [2.24, 2.45) is 5.73 Å². The maximum atomic E-state index is 12.0. The Balaban J connectivity index is 0.00000400. The summed E-state index contributed by atoms with van der Waals surface area (Å²) in [5, 5.41) is 0. The highest BCUT2D eigenvalue weighted by molar-refractivity contribution is 7.89. The van der Waals surface area contributed by atoms with Crippen LogP contribution in [0, 0.1) is 0 Å². The molecule has 0 aliphatic rings. The topological polar surface area (TPSA) is 98.5 Å². The molecule has 8 heteroatoms. The Morgan fingerprint density at radius 1 is 1.33 bits per heavy atom. The summed E-state index contributed by atoms with van der Waals surface area (Å²) >= 11 is 0. The average Bonchev–Trinajstić information content (AvgIpc) is 2.38. The zero-order valence-electron chi connectivity index (χ0n) is 12.0. The lowest BCUT2D eigenvalue weighted by molar-refractivity contribution is 0.0526. The van der Waals surface area contributed by atoms with E-state index in [0.717, 1.165) is 0 Å². The number of nitrogens with two attached hydrogens (primary N) is 1. The van der Waals surface area contributed by atoms with Gasteiger partial charge in [0.1, 0.15) is 0 Å². The highest BCUT2D eigenvalue weighted by Crippen LogP contribution is 2.11. The number of halogens is 1. The molecule has 1 aromatic carbocycles. The molecule has 0 saturated carbocycles. The first-order valence-electron chi connectivity index (χ1n) is 6.39. The van der Waals surface area contributed by atoms with Gasteiger partial charge in [-0.3, -0.25) is 0 Å².